The molecular weight excluding hydrogens is 220 g/mol. The van der Waals surface area contributed by atoms with Crippen LogP contribution in [0.3, 0.4) is 0 Å². The quantitative estimate of drug-likeness (QED) is 0.745. The molecule has 2 heterocycles. The summed E-state index contributed by atoms with van der Waals surface area (Å²) in [6.45, 7) is 2.13. The number of carbonyl (C=O) groups is 1. The Morgan fingerprint density at radius 3 is 2.94 bits per heavy atom. The van der Waals surface area contributed by atoms with E-state index in [1.54, 1.807) is 30.3 Å². The first-order chi connectivity index (χ1) is 7.58. The normalized spacial score (nSPS) is 16.7. The first kappa shape index (κ1) is 11.6. The average molecular weight is 238 g/mol. The summed E-state index contributed by atoms with van der Waals surface area (Å²) in [7, 11) is 5.75. The zero-order valence-electron chi connectivity index (χ0n) is 10.1. The average Bonchev–Trinajstić information content (AvgIpc) is 2.52. The van der Waals surface area contributed by atoms with Crippen molar-refractivity contribution in [3.8, 4) is 0 Å². The first-order valence-corrected chi connectivity index (χ1v) is 6.41. The Hall–Kier alpha value is -0.870. The minimum atomic E-state index is 0.126. The minimum Gasteiger partial charge on any atom is -0.344 e. The lowest BCUT2D eigenvalue weighted by Gasteiger charge is -2.12. The minimum absolute atomic E-state index is 0.126. The number of hydrogen-bond donors (Lipinski definition) is 0. The van der Waals surface area contributed by atoms with Gasteiger partial charge in [-0.2, -0.15) is 0 Å². The van der Waals surface area contributed by atoms with Crippen molar-refractivity contribution in [2.24, 2.45) is 0 Å². The maximum Gasteiger partial charge on any atom is 0.263 e. The van der Waals surface area contributed by atoms with E-state index in [0.29, 0.717) is 0 Å². The van der Waals surface area contributed by atoms with E-state index in [1.165, 1.54) is 16.9 Å². The number of aryl methyl sites for hydroxylation is 1. The molecule has 1 aromatic rings. The van der Waals surface area contributed by atoms with Crippen LogP contribution in [-0.4, -0.2) is 43.4 Å². The molecule has 0 radical (unpaired) electrons. The Morgan fingerprint density at radius 1 is 1.50 bits per heavy atom. The lowest BCUT2D eigenvalue weighted by atomic mass is 10.2. The van der Waals surface area contributed by atoms with Crippen molar-refractivity contribution in [1.82, 2.24) is 9.80 Å². The molecule has 16 heavy (non-hydrogen) atoms. The van der Waals surface area contributed by atoms with Gasteiger partial charge in [0.2, 0.25) is 0 Å². The van der Waals surface area contributed by atoms with E-state index in [1.807, 2.05) is 0 Å². The van der Waals surface area contributed by atoms with Gasteiger partial charge in [-0.05, 0) is 38.1 Å². The largest absolute Gasteiger partial charge is 0.344 e. The fourth-order valence-electron chi connectivity index (χ4n) is 2.02. The van der Waals surface area contributed by atoms with Crippen LogP contribution in [0.25, 0.3) is 0 Å². The third kappa shape index (κ3) is 2.28. The summed E-state index contributed by atoms with van der Waals surface area (Å²) in [4.78, 5) is 18.1. The smallest absolute Gasteiger partial charge is 0.263 e. The molecule has 0 bridgehead atoms. The van der Waals surface area contributed by atoms with Gasteiger partial charge in [0.15, 0.2) is 0 Å². The Bertz CT molecular complexity index is 398. The molecular formula is C12H18N2OS. The summed E-state index contributed by atoms with van der Waals surface area (Å²) < 4.78 is 0. The van der Waals surface area contributed by atoms with E-state index < -0.39 is 0 Å². The van der Waals surface area contributed by atoms with Crippen LogP contribution in [0.5, 0.6) is 0 Å². The van der Waals surface area contributed by atoms with Gasteiger partial charge in [0, 0.05) is 25.5 Å². The molecule has 1 amide bonds. The van der Waals surface area contributed by atoms with Gasteiger partial charge >= 0.3 is 0 Å². The van der Waals surface area contributed by atoms with Crippen LogP contribution in [0.4, 0.5) is 0 Å². The van der Waals surface area contributed by atoms with Crippen molar-refractivity contribution in [1.29, 1.82) is 0 Å². The SMILES string of the molecule is CN1CCCc2sc(C(=O)N(C)C)cc2C1. The van der Waals surface area contributed by atoms with Crippen molar-refractivity contribution in [3.63, 3.8) is 0 Å². The molecule has 0 spiro atoms. The lowest BCUT2D eigenvalue weighted by Crippen LogP contribution is -2.20. The van der Waals surface area contributed by atoms with Crippen LogP contribution in [-0.2, 0) is 13.0 Å². The van der Waals surface area contributed by atoms with Gasteiger partial charge < -0.3 is 9.80 Å². The third-order valence-electron chi connectivity index (χ3n) is 2.90. The molecule has 0 N–H and O–H groups in total. The van der Waals surface area contributed by atoms with Crippen molar-refractivity contribution in [2.45, 2.75) is 19.4 Å². The van der Waals surface area contributed by atoms with E-state index in [-0.39, 0.29) is 5.91 Å². The molecule has 0 saturated carbocycles. The van der Waals surface area contributed by atoms with E-state index in [4.69, 9.17) is 0 Å². The highest BCUT2D eigenvalue weighted by Gasteiger charge is 2.18. The predicted molar refractivity (Wildman–Crippen MR) is 67.0 cm³/mol. The van der Waals surface area contributed by atoms with Crippen molar-refractivity contribution in [3.05, 3.63) is 21.4 Å². The summed E-state index contributed by atoms with van der Waals surface area (Å²) in [5, 5.41) is 0. The number of hydrogen-bond acceptors (Lipinski definition) is 3. The second-order valence-corrected chi connectivity index (χ2v) is 5.74. The highest BCUT2D eigenvalue weighted by Crippen LogP contribution is 2.27. The second-order valence-electron chi connectivity index (χ2n) is 4.60. The summed E-state index contributed by atoms with van der Waals surface area (Å²) in [6.07, 6.45) is 2.31. The van der Waals surface area contributed by atoms with Crippen LogP contribution in [0.2, 0.25) is 0 Å². The van der Waals surface area contributed by atoms with Crippen LogP contribution in [0, 0.1) is 0 Å². The Balaban J connectivity index is 2.26. The molecule has 0 unspecified atom stereocenters. The molecule has 4 heteroatoms. The summed E-state index contributed by atoms with van der Waals surface area (Å²) in [5.74, 6) is 0.126. The first-order valence-electron chi connectivity index (χ1n) is 5.59. The Morgan fingerprint density at radius 2 is 2.25 bits per heavy atom. The molecule has 0 saturated heterocycles. The van der Waals surface area contributed by atoms with E-state index >= 15 is 0 Å². The van der Waals surface area contributed by atoms with Crippen LogP contribution < -0.4 is 0 Å². The van der Waals surface area contributed by atoms with E-state index in [2.05, 4.69) is 18.0 Å². The van der Waals surface area contributed by atoms with E-state index in [9.17, 15) is 4.79 Å². The molecule has 2 rings (SSSR count). The standard InChI is InChI=1S/C12H18N2OS/c1-13(2)12(15)11-7-9-8-14(3)6-4-5-10(9)16-11/h7H,4-6,8H2,1-3H3. The second kappa shape index (κ2) is 4.55. The molecule has 3 nitrogen and oxygen atoms in total. The molecule has 1 aliphatic heterocycles. The van der Waals surface area contributed by atoms with Gasteiger partial charge in [-0.1, -0.05) is 0 Å². The molecule has 0 aliphatic carbocycles. The van der Waals surface area contributed by atoms with Gasteiger partial charge in [0.05, 0.1) is 4.88 Å². The summed E-state index contributed by atoms with van der Waals surface area (Å²) in [5.41, 5.74) is 1.34. The number of fused-ring (bicyclic) bond motifs is 1. The number of carbonyl (C=O) groups excluding carboxylic acids is 1. The highest BCUT2D eigenvalue weighted by molar-refractivity contribution is 7.14. The molecule has 0 aromatic carbocycles. The molecule has 0 atom stereocenters. The third-order valence-corrected chi connectivity index (χ3v) is 4.12. The van der Waals surface area contributed by atoms with Gasteiger partial charge in [-0.15, -0.1) is 11.3 Å². The molecule has 88 valence electrons. The topological polar surface area (TPSA) is 23.6 Å². The number of rotatable bonds is 1. The van der Waals surface area contributed by atoms with Crippen molar-refractivity contribution >= 4 is 17.2 Å². The molecule has 1 aliphatic rings. The number of amides is 1. The van der Waals surface area contributed by atoms with Crippen molar-refractivity contribution < 1.29 is 4.79 Å². The van der Waals surface area contributed by atoms with Gasteiger partial charge in [0.1, 0.15) is 0 Å². The monoisotopic (exact) mass is 238 g/mol. The van der Waals surface area contributed by atoms with Gasteiger partial charge in [0.25, 0.3) is 5.91 Å². The zero-order chi connectivity index (χ0) is 11.7. The Kier molecular flexibility index (Phi) is 3.30. The molecule has 0 fully saturated rings. The number of thiophene rings is 1. The predicted octanol–water partition coefficient (Wildman–Crippen LogP) is 1.83. The molecule has 1 aromatic heterocycles. The fourth-order valence-corrected chi connectivity index (χ4v) is 3.25. The Labute approximate surface area is 101 Å². The van der Waals surface area contributed by atoms with Crippen LogP contribution in [0.1, 0.15) is 26.5 Å². The summed E-state index contributed by atoms with van der Waals surface area (Å²) in [6, 6.07) is 2.07. The van der Waals surface area contributed by atoms with Crippen LogP contribution >= 0.6 is 11.3 Å². The maximum atomic E-state index is 11.9. The van der Waals surface area contributed by atoms with Crippen molar-refractivity contribution in [2.75, 3.05) is 27.7 Å². The number of nitrogens with zero attached hydrogens (tertiary/aromatic N) is 2. The fraction of sp³-hybridized carbons (Fsp3) is 0.583. The van der Waals surface area contributed by atoms with Gasteiger partial charge in [-0.3, -0.25) is 4.79 Å². The van der Waals surface area contributed by atoms with Gasteiger partial charge in [-0.25, -0.2) is 0 Å². The lowest BCUT2D eigenvalue weighted by molar-refractivity contribution is 0.0832. The van der Waals surface area contributed by atoms with Crippen LogP contribution in [0.15, 0.2) is 6.07 Å². The maximum absolute atomic E-state index is 11.9. The highest BCUT2D eigenvalue weighted by atomic mass is 32.1. The zero-order valence-corrected chi connectivity index (χ0v) is 10.9. The van der Waals surface area contributed by atoms with E-state index in [0.717, 1.165) is 24.4 Å². The summed E-state index contributed by atoms with van der Waals surface area (Å²) >= 11 is 1.67.